The highest BCUT2D eigenvalue weighted by atomic mass is 16.3. The lowest BCUT2D eigenvalue weighted by atomic mass is 9.99. The first-order chi connectivity index (χ1) is 15.3. The van der Waals surface area contributed by atoms with E-state index in [2.05, 4.69) is 102 Å². The zero-order chi connectivity index (χ0) is 20.5. The van der Waals surface area contributed by atoms with Crippen molar-refractivity contribution in [3.8, 4) is 5.69 Å². The first kappa shape index (κ1) is 16.7. The van der Waals surface area contributed by atoms with Gasteiger partial charge in [0, 0.05) is 27.2 Å². The maximum Gasteiger partial charge on any atom is 0.146 e. The quantitative estimate of drug-likeness (QED) is 0.273. The highest BCUT2D eigenvalue weighted by Crippen LogP contribution is 2.45. The van der Waals surface area contributed by atoms with Gasteiger partial charge in [-0.05, 0) is 42.1 Å². The molecule has 31 heavy (non-hydrogen) atoms. The minimum atomic E-state index is 0.933. The highest BCUT2D eigenvalue weighted by Gasteiger charge is 2.22. The van der Waals surface area contributed by atoms with Crippen molar-refractivity contribution in [1.29, 1.82) is 0 Å². The number of para-hydroxylation sites is 2. The molecule has 0 spiro atoms. The van der Waals surface area contributed by atoms with Gasteiger partial charge in [0.25, 0.3) is 0 Å². The predicted molar refractivity (Wildman–Crippen MR) is 130 cm³/mol. The van der Waals surface area contributed by atoms with E-state index in [1.807, 2.05) is 6.07 Å². The predicted octanol–water partition coefficient (Wildman–Crippen LogP) is 8.14. The van der Waals surface area contributed by atoms with Gasteiger partial charge in [0.2, 0.25) is 0 Å². The van der Waals surface area contributed by atoms with Crippen LogP contribution in [0.2, 0.25) is 0 Å². The molecule has 5 aromatic carbocycles. The number of benzene rings is 5. The molecular formula is C29H19NO. The molecule has 0 aliphatic heterocycles. The molecule has 0 unspecified atom stereocenters. The van der Waals surface area contributed by atoms with E-state index in [1.54, 1.807) is 0 Å². The Bertz CT molecular complexity index is 1800. The van der Waals surface area contributed by atoms with Crippen molar-refractivity contribution >= 4 is 54.5 Å². The summed E-state index contributed by atoms with van der Waals surface area (Å²) in [5, 5.41) is 7.24. The van der Waals surface area contributed by atoms with Gasteiger partial charge in [0.1, 0.15) is 11.2 Å². The number of hydrogen-bond acceptors (Lipinski definition) is 1. The summed E-state index contributed by atoms with van der Waals surface area (Å²) in [6, 6.07) is 34.5. The number of rotatable bonds is 1. The minimum Gasteiger partial charge on any atom is -0.455 e. The summed E-state index contributed by atoms with van der Waals surface area (Å²) in [6.07, 6.45) is 0. The molecule has 2 heterocycles. The Balaban J connectivity index is 1.86. The maximum absolute atomic E-state index is 6.54. The molecule has 0 radical (unpaired) electrons. The van der Waals surface area contributed by atoms with Gasteiger partial charge in [-0.15, -0.1) is 0 Å². The zero-order valence-electron chi connectivity index (χ0n) is 17.1. The fourth-order valence-corrected chi connectivity index (χ4v) is 5.16. The van der Waals surface area contributed by atoms with Crippen LogP contribution in [0.1, 0.15) is 5.56 Å². The molecule has 0 aliphatic rings. The Hall–Kier alpha value is -4.04. The van der Waals surface area contributed by atoms with Crippen molar-refractivity contribution in [2.45, 2.75) is 6.92 Å². The van der Waals surface area contributed by atoms with Crippen molar-refractivity contribution in [3.63, 3.8) is 0 Å². The van der Waals surface area contributed by atoms with E-state index in [-0.39, 0.29) is 0 Å². The summed E-state index contributed by atoms with van der Waals surface area (Å²) in [5.41, 5.74) is 6.72. The minimum absolute atomic E-state index is 0.933. The second-order valence-corrected chi connectivity index (χ2v) is 8.26. The monoisotopic (exact) mass is 397 g/mol. The van der Waals surface area contributed by atoms with Crippen LogP contribution >= 0.6 is 0 Å². The fraction of sp³-hybridized carbons (Fsp3) is 0.0345. The number of aromatic nitrogens is 1. The summed E-state index contributed by atoms with van der Waals surface area (Å²) >= 11 is 0. The molecule has 0 bridgehead atoms. The second kappa shape index (κ2) is 5.99. The zero-order valence-corrected chi connectivity index (χ0v) is 17.1. The van der Waals surface area contributed by atoms with E-state index < -0.39 is 0 Å². The molecule has 0 amide bonds. The van der Waals surface area contributed by atoms with Crippen LogP contribution in [0.4, 0.5) is 0 Å². The molecular weight excluding hydrogens is 378 g/mol. The van der Waals surface area contributed by atoms with Crippen molar-refractivity contribution in [3.05, 3.63) is 103 Å². The van der Waals surface area contributed by atoms with E-state index in [1.165, 1.54) is 54.6 Å². The molecule has 146 valence electrons. The largest absolute Gasteiger partial charge is 0.455 e. The molecule has 0 atom stereocenters. The van der Waals surface area contributed by atoms with Crippen LogP contribution in [0.15, 0.2) is 101 Å². The standard InChI is InChI=1S/C29H19NO/c1-18-9-8-10-19(17-18)30-24-15-6-4-13-22(24)27-28(30)21-12-3-2-11-20(21)26-23-14-5-7-16-25(23)31-29(26)27/h2-17H,1H3. The smallest absolute Gasteiger partial charge is 0.146 e. The van der Waals surface area contributed by atoms with Crippen LogP contribution in [0, 0.1) is 6.92 Å². The van der Waals surface area contributed by atoms with Crippen LogP contribution < -0.4 is 0 Å². The van der Waals surface area contributed by atoms with Gasteiger partial charge in [-0.3, -0.25) is 0 Å². The molecule has 0 fully saturated rings. The molecule has 0 N–H and O–H groups in total. The number of aryl methyl sites for hydroxylation is 1. The van der Waals surface area contributed by atoms with Crippen molar-refractivity contribution in [1.82, 2.24) is 4.57 Å². The SMILES string of the molecule is Cc1cccc(-n2c3ccccc3c3c4oc5ccccc5c4c4ccccc4c32)c1. The average Bonchev–Trinajstić information content (AvgIpc) is 3.36. The summed E-state index contributed by atoms with van der Waals surface area (Å²) in [7, 11) is 0. The second-order valence-electron chi connectivity index (χ2n) is 8.26. The van der Waals surface area contributed by atoms with E-state index in [9.17, 15) is 0 Å². The first-order valence-electron chi connectivity index (χ1n) is 10.6. The van der Waals surface area contributed by atoms with Crippen LogP contribution in [-0.2, 0) is 0 Å². The summed E-state index contributed by atoms with van der Waals surface area (Å²) in [6.45, 7) is 2.15. The number of fused-ring (bicyclic) bond motifs is 10. The normalized spacial score (nSPS) is 12.0. The molecule has 0 saturated heterocycles. The van der Waals surface area contributed by atoms with E-state index in [0.717, 1.165) is 11.2 Å². The molecule has 2 heteroatoms. The van der Waals surface area contributed by atoms with Gasteiger partial charge in [-0.25, -0.2) is 0 Å². The van der Waals surface area contributed by atoms with Crippen molar-refractivity contribution in [2.24, 2.45) is 0 Å². The Morgan fingerprint density at radius 1 is 0.613 bits per heavy atom. The Morgan fingerprint density at radius 2 is 1.32 bits per heavy atom. The Morgan fingerprint density at radius 3 is 2.16 bits per heavy atom. The van der Waals surface area contributed by atoms with Gasteiger partial charge in [-0.2, -0.15) is 0 Å². The Labute approximate surface area is 178 Å². The number of nitrogens with zero attached hydrogens (tertiary/aromatic N) is 1. The van der Waals surface area contributed by atoms with Gasteiger partial charge in [0.15, 0.2) is 0 Å². The van der Waals surface area contributed by atoms with Gasteiger partial charge in [-0.1, -0.05) is 72.8 Å². The topological polar surface area (TPSA) is 18.1 Å². The average molecular weight is 397 g/mol. The molecule has 2 nitrogen and oxygen atoms in total. The van der Waals surface area contributed by atoms with Crippen molar-refractivity contribution in [2.75, 3.05) is 0 Å². The van der Waals surface area contributed by atoms with Crippen LogP contribution in [0.5, 0.6) is 0 Å². The molecule has 2 aromatic heterocycles. The lowest BCUT2D eigenvalue weighted by Crippen LogP contribution is -1.95. The van der Waals surface area contributed by atoms with Crippen LogP contribution in [-0.4, -0.2) is 4.57 Å². The number of hydrogen-bond donors (Lipinski definition) is 0. The third-order valence-corrected chi connectivity index (χ3v) is 6.41. The number of furan rings is 1. The summed E-state index contributed by atoms with van der Waals surface area (Å²) in [4.78, 5) is 0. The molecule has 0 aliphatic carbocycles. The van der Waals surface area contributed by atoms with Crippen LogP contribution in [0.25, 0.3) is 60.2 Å². The van der Waals surface area contributed by atoms with Gasteiger partial charge < -0.3 is 8.98 Å². The molecule has 7 aromatic rings. The third kappa shape index (κ3) is 2.17. The van der Waals surface area contributed by atoms with Crippen LogP contribution in [0.3, 0.4) is 0 Å². The van der Waals surface area contributed by atoms with Gasteiger partial charge in [0.05, 0.1) is 16.4 Å². The highest BCUT2D eigenvalue weighted by molar-refractivity contribution is 6.35. The fourth-order valence-electron chi connectivity index (χ4n) is 5.16. The van der Waals surface area contributed by atoms with E-state index in [4.69, 9.17) is 4.42 Å². The van der Waals surface area contributed by atoms with Crippen molar-refractivity contribution < 1.29 is 4.42 Å². The lowest BCUT2D eigenvalue weighted by molar-refractivity contribution is 0.673. The van der Waals surface area contributed by atoms with E-state index >= 15 is 0 Å². The third-order valence-electron chi connectivity index (χ3n) is 6.41. The maximum atomic E-state index is 6.54. The van der Waals surface area contributed by atoms with E-state index in [0.29, 0.717) is 0 Å². The lowest BCUT2D eigenvalue weighted by Gasteiger charge is -2.11. The Kier molecular flexibility index (Phi) is 3.23. The summed E-state index contributed by atoms with van der Waals surface area (Å²) in [5.74, 6) is 0. The summed E-state index contributed by atoms with van der Waals surface area (Å²) < 4.78 is 8.94. The molecule has 7 rings (SSSR count). The van der Waals surface area contributed by atoms with Gasteiger partial charge >= 0.3 is 0 Å². The molecule has 0 saturated carbocycles. The first-order valence-corrected chi connectivity index (χ1v) is 10.6.